The Balaban J connectivity index is 3.34. The Hall–Kier alpha value is -1.92. The third-order valence-electron chi connectivity index (χ3n) is 17.2. The number of carbonyl (C=O) groups is 2. The molecule has 81 heavy (non-hydrogen) atoms. The van der Waals surface area contributed by atoms with E-state index < -0.39 is 12.1 Å². The predicted octanol–water partition coefficient (Wildman–Crippen LogP) is 23.9. The molecule has 0 rings (SSSR count). The molecular formula is C75H143NO5. The van der Waals surface area contributed by atoms with Crippen molar-refractivity contribution in [3.63, 3.8) is 0 Å². The normalized spacial score (nSPS) is 12.7. The number of carbonyl (C=O) groups excluding carboxylic acids is 2. The fourth-order valence-electron chi connectivity index (χ4n) is 11.6. The molecule has 0 saturated carbocycles. The molecule has 0 heterocycles. The summed E-state index contributed by atoms with van der Waals surface area (Å²) in [5.74, 6) is -0.0485. The van der Waals surface area contributed by atoms with Gasteiger partial charge in [0.15, 0.2) is 0 Å². The highest BCUT2D eigenvalue weighted by Gasteiger charge is 2.18. The Kier molecular flexibility index (Phi) is 68.9. The Morgan fingerprint density at radius 2 is 0.617 bits per heavy atom. The van der Waals surface area contributed by atoms with E-state index in [1.54, 1.807) is 6.08 Å². The lowest BCUT2D eigenvalue weighted by molar-refractivity contribution is -0.143. The zero-order chi connectivity index (χ0) is 58.5. The lowest BCUT2D eigenvalue weighted by Crippen LogP contribution is -2.45. The van der Waals surface area contributed by atoms with Gasteiger partial charge in [-0.15, -0.1) is 0 Å². The molecule has 0 aliphatic heterocycles. The standard InChI is InChI=1S/C75H143NO5/c1-3-5-7-9-11-13-15-17-19-21-37-41-45-49-53-57-61-65-69-75(80)81-70-66-62-58-54-50-46-42-38-35-33-31-29-27-25-23-22-24-26-28-30-32-34-36-40-44-48-52-56-60-64-68-74(79)76-72(71-77)73(78)67-63-59-55-51-47-43-39-20-18-16-14-12-10-8-6-4-2/h13,15,19,21,63,67,72-73,77-78H,3-12,14,16-18,20,22-62,64-66,68-71H2,1-2H3,(H,76,79)/b15-13-,21-19-,67-63+. The number of ether oxygens (including phenoxy) is 1. The molecule has 0 aliphatic rings. The van der Waals surface area contributed by atoms with Crippen LogP contribution in [0.3, 0.4) is 0 Å². The number of esters is 1. The summed E-state index contributed by atoms with van der Waals surface area (Å²) in [4.78, 5) is 24.6. The lowest BCUT2D eigenvalue weighted by Gasteiger charge is -2.20. The Morgan fingerprint density at radius 1 is 0.346 bits per heavy atom. The molecule has 0 aromatic rings. The van der Waals surface area contributed by atoms with Crippen LogP contribution >= 0.6 is 0 Å². The van der Waals surface area contributed by atoms with Crippen molar-refractivity contribution in [1.29, 1.82) is 0 Å². The minimum atomic E-state index is -0.842. The van der Waals surface area contributed by atoms with Gasteiger partial charge in [-0.1, -0.05) is 365 Å². The van der Waals surface area contributed by atoms with E-state index in [2.05, 4.69) is 43.5 Å². The van der Waals surface area contributed by atoms with Crippen LogP contribution in [0.25, 0.3) is 0 Å². The number of aliphatic hydroxyl groups is 2. The predicted molar refractivity (Wildman–Crippen MR) is 356 cm³/mol. The fraction of sp³-hybridized carbons (Fsp3) is 0.893. The van der Waals surface area contributed by atoms with Gasteiger partial charge in [-0.3, -0.25) is 9.59 Å². The first-order valence-electron chi connectivity index (χ1n) is 36.8. The number of allylic oxidation sites excluding steroid dienone is 5. The summed E-state index contributed by atoms with van der Waals surface area (Å²) in [5, 5.41) is 23.2. The lowest BCUT2D eigenvalue weighted by atomic mass is 10.0. The minimum Gasteiger partial charge on any atom is -0.466 e. The maximum absolute atomic E-state index is 12.5. The summed E-state index contributed by atoms with van der Waals surface area (Å²) in [7, 11) is 0. The van der Waals surface area contributed by atoms with Crippen molar-refractivity contribution in [3.8, 4) is 0 Å². The van der Waals surface area contributed by atoms with Crippen molar-refractivity contribution in [2.45, 2.75) is 418 Å². The van der Waals surface area contributed by atoms with Crippen LogP contribution in [0, 0.1) is 0 Å². The average Bonchev–Trinajstić information content (AvgIpc) is 3.47. The summed E-state index contributed by atoms with van der Waals surface area (Å²) in [6.07, 6.45) is 90.9. The number of unbranched alkanes of at least 4 members (excludes halogenated alkanes) is 54. The van der Waals surface area contributed by atoms with Crippen molar-refractivity contribution >= 4 is 11.9 Å². The molecule has 0 radical (unpaired) electrons. The third-order valence-corrected chi connectivity index (χ3v) is 17.2. The van der Waals surface area contributed by atoms with Crippen LogP contribution in [0.2, 0.25) is 0 Å². The van der Waals surface area contributed by atoms with E-state index in [1.807, 2.05) is 6.08 Å². The molecule has 6 nitrogen and oxygen atoms in total. The second kappa shape index (κ2) is 70.6. The van der Waals surface area contributed by atoms with Crippen molar-refractivity contribution < 1.29 is 24.5 Å². The Labute approximate surface area is 506 Å². The molecule has 0 aromatic carbocycles. The number of hydrogen-bond donors (Lipinski definition) is 3. The smallest absolute Gasteiger partial charge is 0.305 e. The molecule has 0 spiro atoms. The maximum atomic E-state index is 12.5. The third kappa shape index (κ3) is 67.1. The number of hydrogen-bond acceptors (Lipinski definition) is 5. The van der Waals surface area contributed by atoms with Gasteiger partial charge in [0.1, 0.15) is 0 Å². The molecule has 0 fully saturated rings. The number of nitrogens with one attached hydrogen (secondary N) is 1. The average molecular weight is 1140 g/mol. The number of rotatable bonds is 69. The highest BCUT2D eigenvalue weighted by atomic mass is 16.5. The van der Waals surface area contributed by atoms with Gasteiger partial charge in [0.25, 0.3) is 0 Å². The quantitative estimate of drug-likeness (QED) is 0.0320. The largest absolute Gasteiger partial charge is 0.466 e. The summed E-state index contributed by atoms with van der Waals surface area (Å²) in [6.45, 7) is 4.92. The van der Waals surface area contributed by atoms with Gasteiger partial charge < -0.3 is 20.3 Å². The van der Waals surface area contributed by atoms with Crippen molar-refractivity contribution in [3.05, 3.63) is 36.5 Å². The SMILES string of the molecule is CCCCCC/C=C\C/C=C\CCCCCCCCCC(=O)OCCCCCCCCCCCCCCCCCCCCCCCCCCCCCCCCC(=O)NC(CO)C(O)/C=C/CCCCCCCCCCCCCCCC. The van der Waals surface area contributed by atoms with E-state index in [9.17, 15) is 19.8 Å². The van der Waals surface area contributed by atoms with E-state index in [1.165, 1.54) is 327 Å². The Morgan fingerprint density at radius 3 is 0.951 bits per heavy atom. The molecule has 6 heteroatoms. The maximum Gasteiger partial charge on any atom is 0.305 e. The van der Waals surface area contributed by atoms with Crippen LogP contribution in [-0.2, 0) is 14.3 Å². The highest BCUT2D eigenvalue weighted by molar-refractivity contribution is 5.76. The first-order valence-corrected chi connectivity index (χ1v) is 36.8. The fourth-order valence-corrected chi connectivity index (χ4v) is 11.6. The van der Waals surface area contributed by atoms with Gasteiger partial charge in [-0.05, 0) is 64.2 Å². The second-order valence-electron chi connectivity index (χ2n) is 25.3. The number of amides is 1. The van der Waals surface area contributed by atoms with Gasteiger partial charge in [0.05, 0.1) is 25.4 Å². The molecular weight excluding hydrogens is 995 g/mol. The van der Waals surface area contributed by atoms with Crippen molar-refractivity contribution in [2.75, 3.05) is 13.2 Å². The summed E-state index contributed by atoms with van der Waals surface area (Å²) < 4.78 is 5.51. The van der Waals surface area contributed by atoms with Gasteiger partial charge in [-0.2, -0.15) is 0 Å². The highest BCUT2D eigenvalue weighted by Crippen LogP contribution is 2.19. The monoisotopic (exact) mass is 1140 g/mol. The van der Waals surface area contributed by atoms with Gasteiger partial charge >= 0.3 is 5.97 Å². The van der Waals surface area contributed by atoms with Crippen molar-refractivity contribution in [1.82, 2.24) is 5.32 Å². The summed E-state index contributed by atoms with van der Waals surface area (Å²) >= 11 is 0. The zero-order valence-electron chi connectivity index (χ0n) is 54.8. The van der Waals surface area contributed by atoms with E-state index in [0.717, 1.165) is 51.4 Å². The van der Waals surface area contributed by atoms with Crippen LogP contribution in [-0.4, -0.2) is 47.4 Å². The summed E-state index contributed by atoms with van der Waals surface area (Å²) in [6, 6.07) is -0.625. The van der Waals surface area contributed by atoms with E-state index in [-0.39, 0.29) is 18.5 Å². The molecule has 1 amide bonds. The van der Waals surface area contributed by atoms with E-state index in [0.29, 0.717) is 19.4 Å². The molecule has 478 valence electrons. The van der Waals surface area contributed by atoms with Crippen LogP contribution in [0.15, 0.2) is 36.5 Å². The summed E-state index contributed by atoms with van der Waals surface area (Å²) in [5.41, 5.74) is 0. The Bertz CT molecular complexity index is 1310. The van der Waals surface area contributed by atoms with Gasteiger partial charge in [0, 0.05) is 12.8 Å². The number of aliphatic hydroxyl groups excluding tert-OH is 2. The molecule has 3 N–H and O–H groups in total. The molecule has 0 bridgehead atoms. The second-order valence-corrected chi connectivity index (χ2v) is 25.3. The van der Waals surface area contributed by atoms with Crippen LogP contribution in [0.1, 0.15) is 406 Å². The topological polar surface area (TPSA) is 95.9 Å². The minimum absolute atomic E-state index is 0.0129. The van der Waals surface area contributed by atoms with E-state index in [4.69, 9.17) is 4.74 Å². The van der Waals surface area contributed by atoms with Gasteiger partial charge in [-0.25, -0.2) is 0 Å². The first-order chi connectivity index (χ1) is 40.0. The molecule has 0 aromatic heterocycles. The molecule has 0 saturated heterocycles. The van der Waals surface area contributed by atoms with Crippen molar-refractivity contribution in [2.24, 2.45) is 0 Å². The first kappa shape index (κ1) is 79.1. The van der Waals surface area contributed by atoms with Gasteiger partial charge in [0.2, 0.25) is 5.91 Å². The molecule has 2 atom stereocenters. The molecule has 0 aliphatic carbocycles. The van der Waals surface area contributed by atoms with Crippen LogP contribution < -0.4 is 5.32 Å². The van der Waals surface area contributed by atoms with Crippen LogP contribution in [0.5, 0.6) is 0 Å². The van der Waals surface area contributed by atoms with Crippen LogP contribution in [0.4, 0.5) is 0 Å². The zero-order valence-corrected chi connectivity index (χ0v) is 54.8. The van der Waals surface area contributed by atoms with E-state index >= 15 is 0 Å². The molecule has 2 unspecified atom stereocenters.